The fraction of sp³-hybridized carbons (Fsp3) is 0.923. The van der Waals surface area contributed by atoms with Crippen molar-refractivity contribution < 1.29 is 4.79 Å². The molecule has 0 radical (unpaired) electrons. The van der Waals surface area contributed by atoms with Gasteiger partial charge in [0.1, 0.15) is 0 Å². The maximum Gasteiger partial charge on any atom is 0.220 e. The van der Waals surface area contributed by atoms with Gasteiger partial charge in [0, 0.05) is 19.0 Å². The van der Waals surface area contributed by atoms with Crippen LogP contribution in [0.1, 0.15) is 59.8 Å². The predicted molar refractivity (Wildman–Crippen MR) is 69.2 cm³/mol. The normalized spacial score (nSPS) is 13.6. The van der Waals surface area contributed by atoms with E-state index in [9.17, 15) is 4.79 Å². The van der Waals surface area contributed by atoms with Crippen LogP contribution in [0.25, 0.3) is 0 Å². The van der Waals surface area contributed by atoms with Gasteiger partial charge in [-0.1, -0.05) is 20.8 Å². The van der Waals surface area contributed by atoms with Crippen LogP contribution >= 0.6 is 0 Å². The maximum absolute atomic E-state index is 11.6. The summed E-state index contributed by atoms with van der Waals surface area (Å²) >= 11 is 0. The standard InChI is InChI=1S/C13H28N2O/c1-5-13(6-2,7-3)10-15-12(16)9-8-11(4)14/h11H,5-10,14H2,1-4H3,(H,15,16). The first-order chi connectivity index (χ1) is 7.49. The molecule has 0 aromatic rings. The van der Waals surface area contributed by atoms with E-state index in [-0.39, 0.29) is 17.4 Å². The van der Waals surface area contributed by atoms with E-state index >= 15 is 0 Å². The third kappa shape index (κ3) is 5.50. The molecule has 1 unspecified atom stereocenters. The Hall–Kier alpha value is -0.570. The van der Waals surface area contributed by atoms with Crippen molar-refractivity contribution in [1.82, 2.24) is 5.32 Å². The van der Waals surface area contributed by atoms with Gasteiger partial charge < -0.3 is 11.1 Å². The lowest BCUT2D eigenvalue weighted by Gasteiger charge is -2.30. The molecule has 3 heteroatoms. The molecule has 0 aliphatic heterocycles. The van der Waals surface area contributed by atoms with E-state index in [1.165, 1.54) is 0 Å². The number of amides is 1. The lowest BCUT2D eigenvalue weighted by atomic mass is 9.80. The minimum absolute atomic E-state index is 0.110. The van der Waals surface area contributed by atoms with Crippen molar-refractivity contribution in [2.75, 3.05) is 6.54 Å². The molecule has 0 heterocycles. The molecule has 1 amide bonds. The van der Waals surface area contributed by atoms with Crippen molar-refractivity contribution in [2.24, 2.45) is 11.1 Å². The molecule has 0 aromatic carbocycles. The van der Waals surface area contributed by atoms with Gasteiger partial charge in [0.25, 0.3) is 0 Å². The maximum atomic E-state index is 11.6. The Morgan fingerprint density at radius 3 is 2.12 bits per heavy atom. The van der Waals surface area contributed by atoms with E-state index in [2.05, 4.69) is 26.1 Å². The first kappa shape index (κ1) is 15.4. The Labute approximate surface area is 100 Å². The number of hydrogen-bond donors (Lipinski definition) is 2. The Balaban J connectivity index is 3.97. The van der Waals surface area contributed by atoms with Crippen LogP contribution in [0.5, 0.6) is 0 Å². The van der Waals surface area contributed by atoms with E-state index in [1.54, 1.807) is 0 Å². The van der Waals surface area contributed by atoms with Crippen LogP contribution < -0.4 is 11.1 Å². The van der Waals surface area contributed by atoms with Gasteiger partial charge in [-0.2, -0.15) is 0 Å². The van der Waals surface area contributed by atoms with Gasteiger partial charge in [-0.3, -0.25) is 4.79 Å². The van der Waals surface area contributed by atoms with Crippen LogP contribution in [0, 0.1) is 5.41 Å². The molecule has 0 aliphatic carbocycles. The SMILES string of the molecule is CCC(CC)(CC)CNC(=O)CCC(C)N. The van der Waals surface area contributed by atoms with Gasteiger partial charge >= 0.3 is 0 Å². The van der Waals surface area contributed by atoms with E-state index in [0.717, 1.165) is 32.2 Å². The van der Waals surface area contributed by atoms with Crippen LogP contribution in [-0.4, -0.2) is 18.5 Å². The molecule has 0 saturated carbocycles. The average molecular weight is 228 g/mol. The molecular formula is C13H28N2O. The molecule has 0 rings (SSSR count). The summed E-state index contributed by atoms with van der Waals surface area (Å²) in [5, 5.41) is 3.04. The van der Waals surface area contributed by atoms with Crippen LogP contribution in [-0.2, 0) is 4.79 Å². The molecule has 16 heavy (non-hydrogen) atoms. The van der Waals surface area contributed by atoms with E-state index in [0.29, 0.717) is 6.42 Å². The first-order valence-corrected chi connectivity index (χ1v) is 6.52. The van der Waals surface area contributed by atoms with Crippen molar-refractivity contribution in [3.63, 3.8) is 0 Å². The lowest BCUT2D eigenvalue weighted by Crippen LogP contribution is -2.37. The molecule has 96 valence electrons. The zero-order chi connectivity index (χ0) is 12.6. The summed E-state index contributed by atoms with van der Waals surface area (Å²) < 4.78 is 0. The highest BCUT2D eigenvalue weighted by atomic mass is 16.1. The minimum Gasteiger partial charge on any atom is -0.356 e. The second-order valence-corrected chi connectivity index (χ2v) is 4.85. The fourth-order valence-electron chi connectivity index (χ4n) is 1.86. The zero-order valence-electron chi connectivity index (χ0n) is 11.3. The first-order valence-electron chi connectivity index (χ1n) is 6.52. The summed E-state index contributed by atoms with van der Waals surface area (Å²) in [5.74, 6) is 0.136. The zero-order valence-corrected chi connectivity index (χ0v) is 11.3. The molecule has 3 nitrogen and oxygen atoms in total. The predicted octanol–water partition coefficient (Wildman–Crippen LogP) is 2.45. The average Bonchev–Trinajstić information content (AvgIpc) is 2.29. The van der Waals surface area contributed by atoms with E-state index < -0.39 is 0 Å². The molecule has 0 fully saturated rings. The third-order valence-corrected chi connectivity index (χ3v) is 3.74. The smallest absolute Gasteiger partial charge is 0.220 e. The molecular weight excluding hydrogens is 200 g/mol. The summed E-state index contributed by atoms with van der Waals surface area (Å²) in [6.07, 6.45) is 4.67. The topological polar surface area (TPSA) is 55.1 Å². The van der Waals surface area contributed by atoms with Crippen molar-refractivity contribution >= 4 is 5.91 Å². The van der Waals surface area contributed by atoms with Gasteiger partial charge in [-0.15, -0.1) is 0 Å². The number of carbonyl (C=O) groups excluding carboxylic acids is 1. The molecule has 0 saturated heterocycles. The van der Waals surface area contributed by atoms with Gasteiger partial charge in [-0.05, 0) is 38.0 Å². The summed E-state index contributed by atoms with van der Waals surface area (Å²) in [7, 11) is 0. The second-order valence-electron chi connectivity index (χ2n) is 4.85. The molecule has 0 aromatic heterocycles. The Bertz CT molecular complexity index is 190. The number of hydrogen-bond acceptors (Lipinski definition) is 2. The quantitative estimate of drug-likeness (QED) is 0.670. The van der Waals surface area contributed by atoms with Gasteiger partial charge in [-0.25, -0.2) is 0 Å². The Morgan fingerprint density at radius 2 is 1.75 bits per heavy atom. The molecule has 1 atom stereocenters. The number of nitrogens with one attached hydrogen (secondary N) is 1. The molecule has 0 bridgehead atoms. The van der Waals surface area contributed by atoms with Crippen LogP contribution in [0.4, 0.5) is 0 Å². The van der Waals surface area contributed by atoms with E-state index in [4.69, 9.17) is 5.73 Å². The third-order valence-electron chi connectivity index (χ3n) is 3.74. The van der Waals surface area contributed by atoms with Gasteiger partial charge in [0.05, 0.1) is 0 Å². The van der Waals surface area contributed by atoms with Gasteiger partial charge in [0.15, 0.2) is 0 Å². The summed E-state index contributed by atoms with van der Waals surface area (Å²) in [5.41, 5.74) is 5.90. The number of rotatable bonds is 8. The summed E-state index contributed by atoms with van der Waals surface area (Å²) in [6.45, 7) is 9.32. The van der Waals surface area contributed by atoms with Crippen molar-refractivity contribution in [3.05, 3.63) is 0 Å². The largest absolute Gasteiger partial charge is 0.356 e. The minimum atomic E-state index is 0.110. The summed E-state index contributed by atoms with van der Waals surface area (Å²) in [6, 6.07) is 0.110. The van der Waals surface area contributed by atoms with Crippen molar-refractivity contribution in [3.8, 4) is 0 Å². The summed E-state index contributed by atoms with van der Waals surface area (Å²) in [4.78, 5) is 11.6. The highest BCUT2D eigenvalue weighted by Gasteiger charge is 2.24. The van der Waals surface area contributed by atoms with Crippen LogP contribution in [0.15, 0.2) is 0 Å². The van der Waals surface area contributed by atoms with Crippen molar-refractivity contribution in [2.45, 2.75) is 65.8 Å². The van der Waals surface area contributed by atoms with E-state index in [1.807, 2.05) is 6.92 Å². The molecule has 0 aliphatic rings. The fourth-order valence-corrected chi connectivity index (χ4v) is 1.86. The van der Waals surface area contributed by atoms with Crippen LogP contribution in [0.2, 0.25) is 0 Å². The Kier molecular flexibility index (Phi) is 7.39. The number of carbonyl (C=O) groups is 1. The van der Waals surface area contributed by atoms with Crippen LogP contribution in [0.3, 0.4) is 0 Å². The lowest BCUT2D eigenvalue weighted by molar-refractivity contribution is -0.121. The monoisotopic (exact) mass is 228 g/mol. The highest BCUT2D eigenvalue weighted by Crippen LogP contribution is 2.29. The molecule has 0 spiro atoms. The number of nitrogens with two attached hydrogens (primary N) is 1. The Morgan fingerprint density at radius 1 is 1.25 bits per heavy atom. The van der Waals surface area contributed by atoms with Crippen molar-refractivity contribution in [1.29, 1.82) is 0 Å². The second kappa shape index (κ2) is 7.66. The van der Waals surface area contributed by atoms with Gasteiger partial charge in [0.2, 0.25) is 5.91 Å². The highest BCUT2D eigenvalue weighted by molar-refractivity contribution is 5.75. The molecule has 3 N–H and O–H groups in total.